The number of ether oxygens (including phenoxy) is 1. The lowest BCUT2D eigenvalue weighted by atomic mass is 9.97. The fourth-order valence-electron chi connectivity index (χ4n) is 1.38. The van der Waals surface area contributed by atoms with Crippen LogP contribution in [0.1, 0.15) is 24.0 Å². The number of methoxy groups -OCH3 is 1. The molecule has 0 saturated heterocycles. The van der Waals surface area contributed by atoms with Crippen LogP contribution in [0.3, 0.4) is 0 Å². The monoisotopic (exact) mass is 256 g/mol. The molecule has 0 bridgehead atoms. The first-order valence-corrected chi connectivity index (χ1v) is 5.19. The van der Waals surface area contributed by atoms with Crippen molar-refractivity contribution >= 4 is 21.9 Å². The van der Waals surface area contributed by atoms with Gasteiger partial charge in [-0.1, -0.05) is 22.0 Å². The second kappa shape index (κ2) is 4.60. The summed E-state index contributed by atoms with van der Waals surface area (Å²) >= 11 is 3.38. The van der Waals surface area contributed by atoms with Crippen LogP contribution in [-0.2, 0) is 9.53 Å². The number of rotatable bonds is 2. The second-order valence-corrected chi connectivity index (χ2v) is 4.16. The van der Waals surface area contributed by atoms with Gasteiger partial charge in [0, 0.05) is 4.47 Å². The van der Waals surface area contributed by atoms with Crippen LogP contribution in [0, 0.1) is 6.92 Å². The van der Waals surface area contributed by atoms with E-state index >= 15 is 0 Å². The van der Waals surface area contributed by atoms with Gasteiger partial charge in [-0.3, -0.25) is 4.79 Å². The Morgan fingerprint density at radius 2 is 2.14 bits per heavy atom. The molecule has 0 aliphatic carbocycles. The first kappa shape index (κ1) is 11.2. The van der Waals surface area contributed by atoms with Crippen molar-refractivity contribution in [1.82, 2.24) is 0 Å². The largest absolute Gasteiger partial charge is 0.469 e. The molecule has 0 aliphatic heterocycles. The minimum Gasteiger partial charge on any atom is -0.469 e. The van der Waals surface area contributed by atoms with Crippen LogP contribution < -0.4 is 0 Å². The zero-order valence-electron chi connectivity index (χ0n) is 8.50. The average Bonchev–Trinajstić information content (AvgIpc) is 2.19. The lowest BCUT2D eigenvalue weighted by Crippen LogP contribution is -2.11. The molecule has 0 N–H and O–H groups in total. The predicted octanol–water partition coefficient (Wildman–Crippen LogP) is 3.03. The number of carbonyl (C=O) groups excluding carboxylic acids is 1. The molecule has 1 aromatic carbocycles. The van der Waals surface area contributed by atoms with Gasteiger partial charge in [-0.05, 0) is 37.1 Å². The summed E-state index contributed by atoms with van der Waals surface area (Å²) in [6, 6.07) is 5.90. The molecule has 0 spiro atoms. The first-order chi connectivity index (χ1) is 6.56. The van der Waals surface area contributed by atoms with E-state index in [0.717, 1.165) is 15.6 Å². The minimum absolute atomic E-state index is 0.203. The van der Waals surface area contributed by atoms with Crippen molar-refractivity contribution in [2.24, 2.45) is 0 Å². The molecule has 0 saturated carbocycles. The number of hydrogen-bond donors (Lipinski definition) is 0. The van der Waals surface area contributed by atoms with Gasteiger partial charge in [0.15, 0.2) is 0 Å². The Balaban J connectivity index is 3.05. The van der Waals surface area contributed by atoms with E-state index in [-0.39, 0.29) is 11.9 Å². The zero-order chi connectivity index (χ0) is 10.7. The first-order valence-electron chi connectivity index (χ1n) is 4.40. The SMILES string of the molecule is COC(=O)C(C)c1cc(Br)ccc1C. The molecule has 0 heterocycles. The average molecular weight is 257 g/mol. The van der Waals surface area contributed by atoms with Crippen molar-refractivity contribution in [3.8, 4) is 0 Å². The second-order valence-electron chi connectivity index (χ2n) is 3.25. The van der Waals surface area contributed by atoms with Gasteiger partial charge in [-0.2, -0.15) is 0 Å². The van der Waals surface area contributed by atoms with Crippen LogP contribution in [0.25, 0.3) is 0 Å². The van der Waals surface area contributed by atoms with Crippen molar-refractivity contribution in [1.29, 1.82) is 0 Å². The number of hydrogen-bond acceptors (Lipinski definition) is 2. The summed E-state index contributed by atoms with van der Waals surface area (Å²) < 4.78 is 5.69. The van der Waals surface area contributed by atoms with E-state index in [1.54, 1.807) is 0 Å². The van der Waals surface area contributed by atoms with Crippen LogP contribution in [0.4, 0.5) is 0 Å². The highest BCUT2D eigenvalue weighted by Gasteiger charge is 2.17. The maximum Gasteiger partial charge on any atom is 0.312 e. The molecule has 0 aromatic heterocycles. The molecule has 1 unspecified atom stereocenters. The topological polar surface area (TPSA) is 26.3 Å². The maximum atomic E-state index is 11.3. The molecule has 1 rings (SSSR count). The van der Waals surface area contributed by atoms with Crippen LogP contribution in [0.2, 0.25) is 0 Å². The Bertz CT molecular complexity index is 347. The van der Waals surface area contributed by atoms with E-state index in [0.29, 0.717) is 0 Å². The quantitative estimate of drug-likeness (QED) is 0.761. The summed E-state index contributed by atoms with van der Waals surface area (Å²) in [5.74, 6) is -0.413. The fourth-order valence-corrected chi connectivity index (χ4v) is 1.76. The summed E-state index contributed by atoms with van der Waals surface area (Å²) in [7, 11) is 1.41. The summed E-state index contributed by atoms with van der Waals surface area (Å²) in [6.45, 7) is 3.84. The minimum atomic E-state index is -0.211. The Morgan fingerprint density at radius 1 is 1.50 bits per heavy atom. The fraction of sp³-hybridized carbons (Fsp3) is 0.364. The highest BCUT2D eigenvalue weighted by atomic mass is 79.9. The number of carbonyl (C=O) groups is 1. The van der Waals surface area contributed by atoms with Gasteiger partial charge in [0.05, 0.1) is 13.0 Å². The molecule has 0 aliphatic rings. The van der Waals surface area contributed by atoms with Gasteiger partial charge in [0.2, 0.25) is 0 Å². The molecule has 0 amide bonds. The summed E-state index contributed by atoms with van der Waals surface area (Å²) in [4.78, 5) is 11.3. The van der Waals surface area contributed by atoms with Gasteiger partial charge >= 0.3 is 5.97 Å². The normalized spacial score (nSPS) is 12.3. The van der Waals surface area contributed by atoms with Gasteiger partial charge in [0.1, 0.15) is 0 Å². The van der Waals surface area contributed by atoms with Crippen molar-refractivity contribution in [3.63, 3.8) is 0 Å². The lowest BCUT2D eigenvalue weighted by Gasteiger charge is -2.12. The molecular formula is C11H13BrO2. The third kappa shape index (κ3) is 2.35. The molecule has 0 fully saturated rings. The van der Waals surface area contributed by atoms with Crippen molar-refractivity contribution in [2.45, 2.75) is 19.8 Å². The van der Waals surface area contributed by atoms with E-state index < -0.39 is 0 Å². The molecule has 0 radical (unpaired) electrons. The van der Waals surface area contributed by atoms with E-state index in [4.69, 9.17) is 4.74 Å². The van der Waals surface area contributed by atoms with E-state index in [1.807, 2.05) is 32.0 Å². The van der Waals surface area contributed by atoms with Gasteiger partial charge < -0.3 is 4.74 Å². The number of aryl methyl sites for hydroxylation is 1. The number of esters is 1. The lowest BCUT2D eigenvalue weighted by molar-refractivity contribution is -0.142. The summed E-state index contributed by atoms with van der Waals surface area (Å²) in [5, 5.41) is 0. The van der Waals surface area contributed by atoms with E-state index in [2.05, 4.69) is 15.9 Å². The Labute approximate surface area is 92.4 Å². The summed E-state index contributed by atoms with van der Waals surface area (Å²) in [6.07, 6.45) is 0. The van der Waals surface area contributed by atoms with Gasteiger partial charge in [-0.15, -0.1) is 0 Å². The van der Waals surface area contributed by atoms with Crippen molar-refractivity contribution in [3.05, 3.63) is 33.8 Å². The maximum absolute atomic E-state index is 11.3. The molecule has 76 valence electrons. The molecule has 1 atom stereocenters. The number of benzene rings is 1. The molecule has 3 heteroatoms. The van der Waals surface area contributed by atoms with E-state index in [1.165, 1.54) is 7.11 Å². The van der Waals surface area contributed by atoms with Crippen molar-refractivity contribution in [2.75, 3.05) is 7.11 Å². The standard InChI is InChI=1S/C11H13BrO2/c1-7-4-5-9(12)6-10(7)8(2)11(13)14-3/h4-6,8H,1-3H3. The molecular weight excluding hydrogens is 244 g/mol. The van der Waals surface area contributed by atoms with E-state index in [9.17, 15) is 4.79 Å². The Hall–Kier alpha value is -0.830. The van der Waals surface area contributed by atoms with Gasteiger partial charge in [0.25, 0.3) is 0 Å². The van der Waals surface area contributed by atoms with Crippen LogP contribution >= 0.6 is 15.9 Å². The van der Waals surface area contributed by atoms with Crippen LogP contribution in [0.5, 0.6) is 0 Å². The van der Waals surface area contributed by atoms with Crippen LogP contribution in [-0.4, -0.2) is 13.1 Å². The predicted molar refractivity (Wildman–Crippen MR) is 59.3 cm³/mol. The number of halogens is 1. The molecule has 2 nitrogen and oxygen atoms in total. The zero-order valence-corrected chi connectivity index (χ0v) is 10.1. The molecule has 1 aromatic rings. The molecule has 14 heavy (non-hydrogen) atoms. The highest BCUT2D eigenvalue weighted by Crippen LogP contribution is 2.24. The third-order valence-corrected chi connectivity index (χ3v) is 2.76. The highest BCUT2D eigenvalue weighted by molar-refractivity contribution is 9.10. The summed E-state index contributed by atoms with van der Waals surface area (Å²) in [5.41, 5.74) is 2.11. The van der Waals surface area contributed by atoms with Crippen molar-refractivity contribution < 1.29 is 9.53 Å². The Kier molecular flexibility index (Phi) is 3.69. The Morgan fingerprint density at radius 3 is 2.71 bits per heavy atom. The van der Waals surface area contributed by atoms with Crippen LogP contribution in [0.15, 0.2) is 22.7 Å². The van der Waals surface area contributed by atoms with Gasteiger partial charge in [-0.25, -0.2) is 0 Å². The third-order valence-electron chi connectivity index (χ3n) is 2.26. The smallest absolute Gasteiger partial charge is 0.312 e.